The lowest BCUT2D eigenvalue weighted by atomic mass is 10.3. The van der Waals surface area contributed by atoms with Crippen LogP contribution in [0.1, 0.15) is 0 Å². The molecular formula is C6H5NO3S. The molecule has 1 aromatic rings. The van der Waals surface area contributed by atoms with Crippen molar-refractivity contribution in [1.82, 2.24) is 0 Å². The van der Waals surface area contributed by atoms with Crippen molar-refractivity contribution in [3.8, 4) is 0 Å². The first-order valence-electron chi connectivity index (χ1n) is 2.67. The summed E-state index contributed by atoms with van der Waals surface area (Å²) in [5, 5.41) is 10.0. The number of nitro benzene ring substituents is 1. The Kier molecular flexibility index (Phi) is 4.76. The highest BCUT2D eigenvalue weighted by Gasteiger charge is 1.98. The summed E-state index contributed by atoms with van der Waals surface area (Å²) in [4.78, 5) is 9.59. The number of nitrogens with zero attached hydrogens (tertiary/aromatic N) is 1. The van der Waals surface area contributed by atoms with Crippen molar-refractivity contribution < 1.29 is 9.13 Å². The smallest absolute Gasteiger partial charge is 0.258 e. The van der Waals surface area contributed by atoms with Gasteiger partial charge >= 0.3 is 0 Å². The summed E-state index contributed by atoms with van der Waals surface area (Å²) in [7, 11) is 0. The number of para-hydroxylation sites is 1. The van der Waals surface area contributed by atoms with Crippen molar-refractivity contribution in [3.05, 3.63) is 40.4 Å². The molecule has 0 N–H and O–H groups in total. The maximum atomic E-state index is 10.0. The van der Waals surface area contributed by atoms with E-state index < -0.39 is 4.92 Å². The SMILES string of the molecule is O=S.O=[N+]([O-])c1ccccc1. The van der Waals surface area contributed by atoms with Gasteiger partial charge in [-0.25, -0.2) is 0 Å². The van der Waals surface area contributed by atoms with E-state index in [0.29, 0.717) is 0 Å². The van der Waals surface area contributed by atoms with Gasteiger partial charge in [0, 0.05) is 12.1 Å². The minimum Gasteiger partial charge on any atom is -0.258 e. The highest BCUT2D eigenvalue weighted by molar-refractivity contribution is 7.44. The van der Waals surface area contributed by atoms with E-state index in [1.54, 1.807) is 18.2 Å². The maximum absolute atomic E-state index is 10.0. The lowest BCUT2D eigenvalue weighted by Crippen LogP contribution is -1.84. The normalized spacial score (nSPS) is 7.64. The predicted molar refractivity (Wildman–Crippen MR) is 41.2 cm³/mol. The molecule has 0 spiro atoms. The van der Waals surface area contributed by atoms with Gasteiger partial charge in [0.2, 0.25) is 0 Å². The molecule has 0 aliphatic rings. The highest BCUT2D eigenvalue weighted by Crippen LogP contribution is 2.06. The average Bonchev–Trinajstić information content (AvgIpc) is 2.10. The summed E-state index contributed by atoms with van der Waals surface area (Å²) in [5.41, 5.74) is 0.137. The first kappa shape index (κ1) is 9.64. The van der Waals surface area contributed by atoms with Crippen LogP contribution in [0.25, 0.3) is 0 Å². The Bertz CT molecular complexity index is 227. The molecule has 5 heteroatoms. The topological polar surface area (TPSA) is 60.2 Å². The zero-order valence-electron chi connectivity index (χ0n) is 5.47. The first-order chi connectivity index (χ1) is 5.30. The maximum Gasteiger partial charge on any atom is 0.269 e. The molecule has 0 heterocycles. The van der Waals surface area contributed by atoms with Crippen molar-refractivity contribution in [2.75, 3.05) is 0 Å². The van der Waals surface area contributed by atoms with Gasteiger partial charge in [-0.15, -0.1) is 0 Å². The van der Waals surface area contributed by atoms with Crippen LogP contribution >= 0.6 is 0 Å². The van der Waals surface area contributed by atoms with Crippen LogP contribution in [-0.2, 0) is 12.5 Å². The first-order valence-corrected chi connectivity index (χ1v) is 3.00. The standard InChI is InChI=1S/C6H5NO2.OS/c8-7(9)6-4-2-1-3-5-6;1-2/h1-5H;. The number of non-ortho nitro benzene ring substituents is 1. The van der Waals surface area contributed by atoms with Crippen molar-refractivity contribution in [1.29, 1.82) is 0 Å². The highest BCUT2D eigenvalue weighted by atomic mass is 32.1. The molecule has 58 valence electrons. The molecule has 0 unspecified atom stereocenters. The third kappa shape index (κ3) is 3.36. The van der Waals surface area contributed by atoms with Crippen LogP contribution in [0.3, 0.4) is 0 Å². The van der Waals surface area contributed by atoms with E-state index in [1.165, 1.54) is 12.1 Å². The summed E-state index contributed by atoms with van der Waals surface area (Å²) < 4.78 is 7.83. The fourth-order valence-electron chi connectivity index (χ4n) is 0.550. The minimum absolute atomic E-state index is 0.137. The van der Waals surface area contributed by atoms with Gasteiger partial charge in [-0.05, 0) is 0 Å². The van der Waals surface area contributed by atoms with E-state index >= 15 is 0 Å². The Hall–Kier alpha value is -1.36. The molecule has 0 aliphatic carbocycles. The molecular weight excluding hydrogens is 166 g/mol. The quantitative estimate of drug-likeness (QED) is 0.471. The molecule has 0 aromatic heterocycles. The molecule has 4 nitrogen and oxygen atoms in total. The number of nitro groups is 1. The molecule has 1 rings (SSSR count). The second-order valence-electron chi connectivity index (χ2n) is 1.59. The van der Waals surface area contributed by atoms with Crippen LogP contribution in [-0.4, -0.2) is 9.13 Å². The van der Waals surface area contributed by atoms with Crippen molar-refractivity contribution in [3.63, 3.8) is 0 Å². The van der Waals surface area contributed by atoms with Crippen molar-refractivity contribution >= 4 is 18.2 Å². The molecule has 1 aromatic carbocycles. The minimum atomic E-state index is -0.417. The number of benzene rings is 1. The van der Waals surface area contributed by atoms with E-state index in [2.05, 4.69) is 12.5 Å². The number of rotatable bonds is 1. The number of hydrogen-bond acceptors (Lipinski definition) is 4. The summed E-state index contributed by atoms with van der Waals surface area (Å²) in [6.07, 6.45) is 0. The molecule has 0 saturated carbocycles. The Morgan fingerprint density at radius 3 is 1.91 bits per heavy atom. The van der Waals surface area contributed by atoms with Gasteiger partial charge in [0.1, 0.15) is 0 Å². The van der Waals surface area contributed by atoms with Gasteiger partial charge in [-0.2, -0.15) is 4.21 Å². The van der Waals surface area contributed by atoms with Crippen LogP contribution < -0.4 is 0 Å². The molecule has 0 bridgehead atoms. The zero-order chi connectivity index (χ0) is 8.69. The number of hydrogen-bond donors (Lipinski definition) is 0. The largest absolute Gasteiger partial charge is 0.269 e. The Morgan fingerprint density at radius 2 is 1.64 bits per heavy atom. The van der Waals surface area contributed by atoms with Crippen LogP contribution in [0.15, 0.2) is 30.3 Å². The third-order valence-corrected chi connectivity index (χ3v) is 0.967. The van der Waals surface area contributed by atoms with Crippen LogP contribution in [0, 0.1) is 10.1 Å². The lowest BCUT2D eigenvalue weighted by molar-refractivity contribution is -0.384. The van der Waals surface area contributed by atoms with Gasteiger partial charge in [0.15, 0.2) is 12.5 Å². The molecule has 0 atom stereocenters. The summed E-state index contributed by atoms with van der Waals surface area (Å²) >= 11 is 2.83. The van der Waals surface area contributed by atoms with E-state index in [9.17, 15) is 10.1 Å². The Morgan fingerprint density at radius 1 is 1.18 bits per heavy atom. The average molecular weight is 171 g/mol. The Labute approximate surface area is 68.5 Å². The molecule has 0 saturated heterocycles. The van der Waals surface area contributed by atoms with E-state index in [1.807, 2.05) is 0 Å². The molecule has 0 radical (unpaired) electrons. The molecule has 0 aliphatic heterocycles. The van der Waals surface area contributed by atoms with Crippen LogP contribution in [0.2, 0.25) is 0 Å². The van der Waals surface area contributed by atoms with Crippen LogP contribution in [0.5, 0.6) is 0 Å². The van der Waals surface area contributed by atoms with Gasteiger partial charge in [-0.3, -0.25) is 10.1 Å². The zero-order valence-corrected chi connectivity index (χ0v) is 6.28. The van der Waals surface area contributed by atoms with Gasteiger partial charge in [-0.1, -0.05) is 18.2 Å². The molecule has 0 amide bonds. The van der Waals surface area contributed by atoms with E-state index in [4.69, 9.17) is 4.21 Å². The summed E-state index contributed by atoms with van der Waals surface area (Å²) in [6, 6.07) is 7.93. The van der Waals surface area contributed by atoms with Crippen LogP contribution in [0.4, 0.5) is 5.69 Å². The lowest BCUT2D eigenvalue weighted by Gasteiger charge is -1.85. The van der Waals surface area contributed by atoms with Crippen molar-refractivity contribution in [2.24, 2.45) is 0 Å². The fraction of sp³-hybridized carbons (Fsp3) is 0. The van der Waals surface area contributed by atoms with Gasteiger partial charge in [0.25, 0.3) is 5.69 Å². The van der Waals surface area contributed by atoms with Crippen molar-refractivity contribution in [2.45, 2.75) is 0 Å². The third-order valence-electron chi connectivity index (χ3n) is 0.967. The predicted octanol–water partition coefficient (Wildman–Crippen LogP) is 1.26. The van der Waals surface area contributed by atoms with E-state index in [0.717, 1.165) is 0 Å². The second-order valence-corrected chi connectivity index (χ2v) is 1.59. The van der Waals surface area contributed by atoms with Gasteiger partial charge in [0.05, 0.1) is 4.92 Å². The van der Waals surface area contributed by atoms with Gasteiger partial charge < -0.3 is 0 Å². The second kappa shape index (κ2) is 5.43. The molecule has 0 fully saturated rings. The summed E-state index contributed by atoms with van der Waals surface area (Å²) in [6.45, 7) is 0. The Balaban J connectivity index is 0.000000461. The van der Waals surface area contributed by atoms with E-state index in [-0.39, 0.29) is 5.69 Å². The monoisotopic (exact) mass is 171 g/mol. The summed E-state index contributed by atoms with van der Waals surface area (Å²) in [5.74, 6) is 0. The fourth-order valence-corrected chi connectivity index (χ4v) is 0.550. The molecule has 11 heavy (non-hydrogen) atoms.